The number of nitrogens with one attached hydrogen (secondary N) is 1. The van der Waals surface area contributed by atoms with Gasteiger partial charge in [-0.3, -0.25) is 9.59 Å². The Morgan fingerprint density at radius 1 is 0.407 bits per heavy atom. The van der Waals surface area contributed by atoms with Crippen molar-refractivity contribution in [2.24, 2.45) is 0 Å². The highest BCUT2D eigenvalue weighted by Gasteiger charge is 2.20. The summed E-state index contributed by atoms with van der Waals surface area (Å²) in [6.45, 7) is 4.94. The number of hydrogen-bond donors (Lipinski definition) is 3. The standard InChI is InChI=1S/C53H105NO5/c1-3-5-7-9-11-13-15-23-27-31-35-39-43-47-53(58)59-48-44-40-36-32-28-25-22-20-18-16-17-19-21-24-26-30-34-38-42-46-52(57)54-50(49-55)51(56)45-41-37-33-29-14-12-10-8-6-4-2/h50-51,55-56H,3-49H2,1-2H3,(H,54,57). The molecule has 2 unspecified atom stereocenters. The Labute approximate surface area is 368 Å². The summed E-state index contributed by atoms with van der Waals surface area (Å²) < 4.78 is 5.47. The van der Waals surface area contributed by atoms with Crippen LogP contribution in [0.3, 0.4) is 0 Å². The number of esters is 1. The predicted molar refractivity (Wildman–Crippen MR) is 255 cm³/mol. The zero-order valence-electron chi connectivity index (χ0n) is 40.0. The summed E-state index contributed by atoms with van der Waals surface area (Å²) in [5.41, 5.74) is 0. The molecule has 0 radical (unpaired) electrons. The Bertz CT molecular complexity index is 837. The average molecular weight is 836 g/mol. The van der Waals surface area contributed by atoms with Crippen LogP contribution in [-0.4, -0.2) is 47.4 Å². The molecule has 0 bridgehead atoms. The molecule has 0 aromatic heterocycles. The number of carbonyl (C=O) groups is 2. The summed E-state index contributed by atoms with van der Waals surface area (Å²) in [7, 11) is 0. The molecular formula is C53H105NO5. The van der Waals surface area contributed by atoms with Crippen LogP contribution in [0.25, 0.3) is 0 Å². The Morgan fingerprint density at radius 2 is 0.695 bits per heavy atom. The SMILES string of the molecule is CCCCCCCCCCCCCCCC(=O)OCCCCCCCCCCCCCCCCCCCCCC(=O)NC(CO)C(O)CCCCCCCCCCCC. The first-order valence-corrected chi connectivity index (χ1v) is 26.8. The van der Waals surface area contributed by atoms with E-state index in [1.54, 1.807) is 0 Å². The fourth-order valence-electron chi connectivity index (χ4n) is 8.52. The number of aliphatic hydroxyl groups is 2. The third-order valence-electron chi connectivity index (χ3n) is 12.7. The smallest absolute Gasteiger partial charge is 0.305 e. The number of rotatable bonds is 50. The van der Waals surface area contributed by atoms with Crippen LogP contribution < -0.4 is 5.32 Å². The van der Waals surface area contributed by atoms with Crippen LogP contribution in [0.4, 0.5) is 0 Å². The van der Waals surface area contributed by atoms with E-state index in [0.717, 1.165) is 38.5 Å². The third-order valence-corrected chi connectivity index (χ3v) is 12.7. The molecule has 0 rings (SSSR count). The Hall–Kier alpha value is -1.14. The lowest BCUT2D eigenvalue weighted by atomic mass is 10.0. The second-order valence-electron chi connectivity index (χ2n) is 18.6. The molecule has 0 saturated carbocycles. The molecule has 0 heterocycles. The third kappa shape index (κ3) is 46.2. The summed E-state index contributed by atoms with van der Waals surface area (Å²) in [5.74, 6) is -0.0273. The molecule has 0 aliphatic rings. The van der Waals surface area contributed by atoms with Crippen LogP contribution >= 0.6 is 0 Å². The van der Waals surface area contributed by atoms with Crippen molar-refractivity contribution < 1.29 is 24.5 Å². The minimum Gasteiger partial charge on any atom is -0.466 e. The lowest BCUT2D eigenvalue weighted by Crippen LogP contribution is -2.45. The van der Waals surface area contributed by atoms with Crippen LogP contribution in [-0.2, 0) is 14.3 Å². The molecule has 2 atom stereocenters. The van der Waals surface area contributed by atoms with E-state index in [-0.39, 0.29) is 18.5 Å². The highest BCUT2D eigenvalue weighted by atomic mass is 16.5. The fraction of sp³-hybridized carbons (Fsp3) is 0.962. The molecule has 6 heteroatoms. The molecule has 0 aliphatic heterocycles. The summed E-state index contributed by atoms with van der Waals surface area (Å²) in [6, 6.07) is -0.540. The zero-order valence-corrected chi connectivity index (χ0v) is 40.0. The van der Waals surface area contributed by atoms with E-state index >= 15 is 0 Å². The maximum absolute atomic E-state index is 12.4. The van der Waals surface area contributed by atoms with Crippen molar-refractivity contribution in [3.8, 4) is 0 Å². The van der Waals surface area contributed by atoms with Crippen LogP contribution in [0.15, 0.2) is 0 Å². The van der Waals surface area contributed by atoms with Crippen molar-refractivity contribution in [1.82, 2.24) is 5.32 Å². The lowest BCUT2D eigenvalue weighted by Gasteiger charge is -2.22. The van der Waals surface area contributed by atoms with Crippen molar-refractivity contribution in [2.45, 2.75) is 315 Å². The van der Waals surface area contributed by atoms with Crippen LogP contribution in [0.2, 0.25) is 0 Å². The van der Waals surface area contributed by atoms with Gasteiger partial charge >= 0.3 is 5.97 Å². The van der Waals surface area contributed by atoms with Gasteiger partial charge in [0.2, 0.25) is 5.91 Å². The van der Waals surface area contributed by atoms with Crippen LogP contribution in [0.1, 0.15) is 303 Å². The molecule has 0 aromatic carbocycles. The first-order valence-electron chi connectivity index (χ1n) is 26.8. The molecule has 0 aliphatic carbocycles. The van der Waals surface area contributed by atoms with Crippen molar-refractivity contribution in [3.63, 3.8) is 0 Å². The molecule has 6 nitrogen and oxygen atoms in total. The molecule has 0 fully saturated rings. The van der Waals surface area contributed by atoms with Gasteiger partial charge in [-0.15, -0.1) is 0 Å². The highest BCUT2D eigenvalue weighted by molar-refractivity contribution is 5.76. The van der Waals surface area contributed by atoms with Crippen molar-refractivity contribution >= 4 is 11.9 Å². The van der Waals surface area contributed by atoms with E-state index in [1.807, 2.05) is 0 Å². The molecule has 0 spiro atoms. The van der Waals surface area contributed by atoms with Crippen molar-refractivity contribution in [1.29, 1.82) is 0 Å². The molecule has 352 valence electrons. The van der Waals surface area contributed by atoms with Crippen LogP contribution in [0.5, 0.6) is 0 Å². The van der Waals surface area contributed by atoms with E-state index in [4.69, 9.17) is 4.74 Å². The van der Waals surface area contributed by atoms with Crippen molar-refractivity contribution in [3.05, 3.63) is 0 Å². The topological polar surface area (TPSA) is 95.9 Å². The Morgan fingerprint density at radius 3 is 1.03 bits per heavy atom. The monoisotopic (exact) mass is 836 g/mol. The zero-order chi connectivity index (χ0) is 43.0. The quantitative estimate of drug-likeness (QED) is 0.0419. The van der Waals surface area contributed by atoms with E-state index in [0.29, 0.717) is 25.9 Å². The van der Waals surface area contributed by atoms with E-state index < -0.39 is 12.1 Å². The summed E-state index contributed by atoms with van der Waals surface area (Å²) in [6.07, 6.45) is 55.1. The summed E-state index contributed by atoms with van der Waals surface area (Å²) >= 11 is 0. The van der Waals surface area contributed by atoms with E-state index in [1.165, 1.54) is 231 Å². The van der Waals surface area contributed by atoms with Gasteiger partial charge in [0.25, 0.3) is 0 Å². The van der Waals surface area contributed by atoms with E-state index in [2.05, 4.69) is 19.2 Å². The van der Waals surface area contributed by atoms with Gasteiger partial charge in [0.05, 0.1) is 25.4 Å². The normalized spacial score (nSPS) is 12.5. The summed E-state index contributed by atoms with van der Waals surface area (Å²) in [4.78, 5) is 24.4. The number of carbonyl (C=O) groups excluding carboxylic acids is 2. The second-order valence-corrected chi connectivity index (χ2v) is 18.6. The van der Waals surface area contributed by atoms with Gasteiger partial charge in [-0.25, -0.2) is 0 Å². The predicted octanol–water partition coefficient (Wildman–Crippen LogP) is 16.0. The van der Waals surface area contributed by atoms with Crippen molar-refractivity contribution in [2.75, 3.05) is 13.2 Å². The number of unbranched alkanes of at least 4 members (excludes halogenated alkanes) is 39. The fourth-order valence-corrected chi connectivity index (χ4v) is 8.52. The molecule has 0 aromatic rings. The van der Waals surface area contributed by atoms with Gasteiger partial charge in [0, 0.05) is 12.8 Å². The van der Waals surface area contributed by atoms with Gasteiger partial charge in [-0.1, -0.05) is 264 Å². The van der Waals surface area contributed by atoms with Gasteiger partial charge in [-0.05, 0) is 25.7 Å². The molecular weight excluding hydrogens is 731 g/mol. The minimum absolute atomic E-state index is 0.0109. The highest BCUT2D eigenvalue weighted by Crippen LogP contribution is 2.17. The lowest BCUT2D eigenvalue weighted by molar-refractivity contribution is -0.143. The average Bonchev–Trinajstić information content (AvgIpc) is 3.24. The maximum Gasteiger partial charge on any atom is 0.305 e. The Balaban J connectivity index is 3.36. The Kier molecular flexibility index (Phi) is 48.6. The van der Waals surface area contributed by atoms with Gasteiger partial charge in [0.15, 0.2) is 0 Å². The van der Waals surface area contributed by atoms with Gasteiger partial charge in [-0.2, -0.15) is 0 Å². The van der Waals surface area contributed by atoms with Gasteiger partial charge in [0.1, 0.15) is 0 Å². The maximum atomic E-state index is 12.4. The van der Waals surface area contributed by atoms with Crippen LogP contribution in [0, 0.1) is 0 Å². The second kappa shape index (κ2) is 49.5. The molecule has 1 amide bonds. The largest absolute Gasteiger partial charge is 0.466 e. The molecule has 59 heavy (non-hydrogen) atoms. The summed E-state index contributed by atoms with van der Waals surface area (Å²) in [5, 5.41) is 23.1. The molecule has 3 N–H and O–H groups in total. The molecule has 0 saturated heterocycles. The number of aliphatic hydroxyl groups excluding tert-OH is 2. The van der Waals surface area contributed by atoms with Gasteiger partial charge < -0.3 is 20.3 Å². The first kappa shape index (κ1) is 57.9. The number of hydrogen-bond acceptors (Lipinski definition) is 5. The minimum atomic E-state index is -0.662. The number of ether oxygens (including phenoxy) is 1. The number of amides is 1. The first-order chi connectivity index (χ1) is 29.0. The van der Waals surface area contributed by atoms with E-state index in [9.17, 15) is 19.8 Å².